The number of ether oxygens (including phenoxy) is 4. The number of carbonyl (C=O) groups excluding carboxylic acids is 1. The fraction of sp³-hybridized carbons (Fsp3) is 0.489. The lowest BCUT2D eigenvalue weighted by atomic mass is 9.55. The number of aliphatic hydroxyl groups is 2. The van der Waals surface area contributed by atoms with Gasteiger partial charge in [0.15, 0.2) is 0 Å². The maximum Gasteiger partial charge on any atom is 0.410 e. The number of allylic oxidation sites excluding steroid dienone is 1. The minimum absolute atomic E-state index is 0.0983. The average molecular weight is 813 g/mol. The van der Waals surface area contributed by atoms with Gasteiger partial charge in [0.05, 0.1) is 18.2 Å². The van der Waals surface area contributed by atoms with Crippen molar-refractivity contribution < 1.29 is 38.8 Å². The normalized spacial score (nSPS) is 23.8. The third-order valence-electron chi connectivity index (χ3n) is 11.5. The van der Waals surface area contributed by atoms with Crippen LogP contribution in [-0.4, -0.2) is 78.0 Å². The van der Waals surface area contributed by atoms with E-state index in [1.54, 1.807) is 22.7 Å². The van der Waals surface area contributed by atoms with Gasteiger partial charge in [-0.1, -0.05) is 67.4 Å². The van der Waals surface area contributed by atoms with E-state index in [2.05, 4.69) is 25.0 Å². The maximum absolute atomic E-state index is 14.4. The largest absolute Gasteiger partial charge is 0.459 e. The number of unbranched alkanes of at least 4 members (excludes halogenated alkanes) is 2. The molecule has 1 saturated carbocycles. The monoisotopic (exact) mass is 812 g/mol. The van der Waals surface area contributed by atoms with Gasteiger partial charge in [0.1, 0.15) is 36.5 Å². The highest BCUT2D eigenvalue weighted by Gasteiger charge is 2.65. The number of carbonyl (C=O) groups is 1. The highest BCUT2D eigenvalue weighted by Crippen LogP contribution is 2.62. The second kappa shape index (κ2) is 21.1. The van der Waals surface area contributed by atoms with Gasteiger partial charge in [0.2, 0.25) is 5.79 Å². The van der Waals surface area contributed by atoms with Crippen LogP contribution in [0.3, 0.4) is 0 Å². The lowest BCUT2D eigenvalue weighted by Crippen LogP contribution is -2.70. The number of hydrogen-bond donors (Lipinski definition) is 2. The first-order valence-electron chi connectivity index (χ1n) is 20.9. The quantitative estimate of drug-likeness (QED) is 0.0469. The van der Waals surface area contributed by atoms with Gasteiger partial charge in [-0.05, 0) is 111 Å². The predicted molar refractivity (Wildman–Crippen MR) is 229 cm³/mol. The Balaban J connectivity index is 1.54. The average Bonchev–Trinajstić information content (AvgIpc) is 3.25. The molecule has 3 aromatic carbocycles. The van der Waals surface area contributed by atoms with E-state index in [0.29, 0.717) is 50.3 Å². The van der Waals surface area contributed by atoms with E-state index < -0.39 is 23.8 Å². The number of nitrogens with zero attached hydrogens (tertiary/aromatic N) is 2. The van der Waals surface area contributed by atoms with Gasteiger partial charge in [0, 0.05) is 42.6 Å². The van der Waals surface area contributed by atoms with E-state index in [1.165, 1.54) is 0 Å². The Kier molecular flexibility index (Phi) is 15.8. The Morgan fingerprint density at radius 3 is 2.43 bits per heavy atom. The molecule has 312 valence electrons. The third-order valence-corrected chi connectivity index (χ3v) is 12.3. The van der Waals surface area contributed by atoms with Crippen molar-refractivity contribution in [2.75, 3.05) is 39.2 Å². The molecular formula is C47H60N2O8S. The molecule has 0 radical (unpaired) electrons. The molecule has 6 atom stereocenters. The van der Waals surface area contributed by atoms with Gasteiger partial charge in [-0.25, -0.2) is 4.79 Å². The summed E-state index contributed by atoms with van der Waals surface area (Å²) < 4.78 is 26.9. The number of aliphatic hydroxyl groups excluding tert-OH is 2. The summed E-state index contributed by atoms with van der Waals surface area (Å²) in [5.41, 5.74) is 3.64. The van der Waals surface area contributed by atoms with Crippen LogP contribution in [-0.2, 0) is 20.9 Å². The van der Waals surface area contributed by atoms with Crippen LogP contribution in [0.25, 0.3) is 0 Å². The highest BCUT2D eigenvalue weighted by atomic mass is 32.2. The van der Waals surface area contributed by atoms with Gasteiger partial charge in [-0.3, -0.25) is 4.90 Å². The summed E-state index contributed by atoms with van der Waals surface area (Å²) in [6.07, 6.45) is 11.4. The first kappa shape index (κ1) is 43.3. The second-order valence-corrected chi connectivity index (χ2v) is 16.1. The van der Waals surface area contributed by atoms with E-state index in [9.17, 15) is 15.0 Å². The highest BCUT2D eigenvalue weighted by molar-refractivity contribution is 7.98. The molecule has 0 spiro atoms. The van der Waals surface area contributed by atoms with E-state index in [0.717, 1.165) is 58.7 Å². The molecule has 1 fully saturated rings. The summed E-state index contributed by atoms with van der Waals surface area (Å²) in [6.45, 7) is 9.32. The van der Waals surface area contributed by atoms with Crippen LogP contribution in [0.15, 0.2) is 107 Å². The molecule has 2 aliphatic carbocycles. The van der Waals surface area contributed by atoms with E-state index >= 15 is 0 Å². The molecule has 1 aliphatic heterocycles. The topological polar surface area (TPSA) is 119 Å². The zero-order valence-corrected chi connectivity index (χ0v) is 35.0. The van der Waals surface area contributed by atoms with E-state index in [-0.39, 0.29) is 44.2 Å². The smallest absolute Gasteiger partial charge is 0.410 e. The van der Waals surface area contributed by atoms with E-state index in [4.69, 9.17) is 28.9 Å². The summed E-state index contributed by atoms with van der Waals surface area (Å²) in [5, 5.41) is 24.6. The minimum Gasteiger partial charge on any atom is -0.459 e. The molecule has 6 rings (SSSR count). The number of amides is 1. The van der Waals surface area contributed by atoms with Crippen LogP contribution in [0.1, 0.15) is 82.3 Å². The molecule has 58 heavy (non-hydrogen) atoms. The molecule has 0 aromatic heterocycles. The standard InChI is InChI=1S/C47H60N2O8S/c1-5-25-49(46(52)53-32-33-15-9-8-10-16-33)43-31-41(48-55-7-3)39-29-34(17-11-13-26-50)38(18-12-14-27-51)44-40-30-36(56-35-19-22-37(58-4)23-20-35)21-24-42(40)57-47(43,45(39)44)54-28-6-2/h6,8-10,15-16,19-24,29-30,34,38,43-45,50-51H,2,5,7,11-14,17-18,25-28,31-32H2,1,3-4H3/t34-,38+,43-,44+,45+,47+/m0/s1. The number of thioether (sulfide) groups is 1. The van der Waals surface area contributed by atoms with Gasteiger partial charge >= 0.3 is 6.09 Å². The van der Waals surface area contributed by atoms with Crippen molar-refractivity contribution in [1.29, 1.82) is 0 Å². The van der Waals surface area contributed by atoms with Crippen molar-refractivity contribution in [2.24, 2.45) is 22.9 Å². The van der Waals surface area contributed by atoms with Gasteiger partial charge in [-0.15, -0.1) is 18.3 Å². The number of rotatable bonds is 21. The van der Waals surface area contributed by atoms with Crippen LogP contribution in [0.5, 0.6) is 17.2 Å². The van der Waals surface area contributed by atoms with Crippen LogP contribution in [0, 0.1) is 17.8 Å². The van der Waals surface area contributed by atoms with Gasteiger partial charge < -0.3 is 34.0 Å². The van der Waals surface area contributed by atoms with Gasteiger partial charge in [-0.2, -0.15) is 0 Å². The van der Waals surface area contributed by atoms with E-state index in [1.807, 2.05) is 80.6 Å². The molecule has 0 saturated heterocycles. The minimum atomic E-state index is -1.36. The lowest BCUT2D eigenvalue weighted by molar-refractivity contribution is -0.255. The van der Waals surface area contributed by atoms with Crippen molar-refractivity contribution in [3.05, 3.63) is 108 Å². The summed E-state index contributed by atoms with van der Waals surface area (Å²) in [6, 6.07) is 23.1. The molecule has 0 bridgehead atoms. The predicted octanol–water partition coefficient (Wildman–Crippen LogP) is 9.90. The molecule has 1 amide bonds. The molecule has 11 heteroatoms. The van der Waals surface area contributed by atoms with Crippen LogP contribution in [0.4, 0.5) is 4.79 Å². The first-order valence-corrected chi connectivity index (χ1v) is 22.1. The van der Waals surface area contributed by atoms with Crippen molar-refractivity contribution in [2.45, 2.75) is 94.5 Å². The lowest BCUT2D eigenvalue weighted by Gasteiger charge is -2.59. The molecule has 1 heterocycles. The fourth-order valence-corrected chi connectivity index (χ4v) is 9.46. The Labute approximate surface area is 348 Å². The number of fused-ring (bicyclic) bond motifs is 2. The number of hydrogen-bond acceptors (Lipinski definition) is 10. The van der Waals surface area contributed by atoms with Crippen molar-refractivity contribution in [1.82, 2.24) is 4.90 Å². The Morgan fingerprint density at radius 2 is 1.74 bits per heavy atom. The first-order chi connectivity index (χ1) is 28.4. The zero-order valence-electron chi connectivity index (χ0n) is 34.2. The number of benzene rings is 3. The molecule has 3 aliphatic rings. The van der Waals surface area contributed by atoms with Crippen molar-refractivity contribution in [3.63, 3.8) is 0 Å². The molecule has 0 unspecified atom stereocenters. The Morgan fingerprint density at radius 1 is 1.00 bits per heavy atom. The molecule has 10 nitrogen and oxygen atoms in total. The SMILES string of the molecule is C=CCO[C@@]12Oc3ccc(Oc4ccc(SC)cc4)cc3[C@H]3[C@H](CCCCO)[C@@H](CCCCO)C=C(C(=NOCC)C[C@@H]1N(CCC)C(=O)OCc1ccccc1)[C@H]32. The fourth-order valence-electron chi connectivity index (χ4n) is 9.05. The Bertz CT molecular complexity index is 1850. The second-order valence-electron chi connectivity index (χ2n) is 15.2. The molecule has 2 N–H and O–H groups in total. The van der Waals surface area contributed by atoms with Crippen LogP contribution in [0.2, 0.25) is 0 Å². The summed E-state index contributed by atoms with van der Waals surface area (Å²) in [5.74, 6) is 0.384. The molecule has 3 aromatic rings. The van der Waals surface area contributed by atoms with Crippen LogP contribution >= 0.6 is 11.8 Å². The van der Waals surface area contributed by atoms with Crippen molar-refractivity contribution in [3.8, 4) is 17.2 Å². The van der Waals surface area contributed by atoms with Crippen LogP contribution < -0.4 is 9.47 Å². The number of oxime groups is 1. The summed E-state index contributed by atoms with van der Waals surface area (Å²) >= 11 is 1.68. The maximum atomic E-state index is 14.4. The van der Waals surface area contributed by atoms with Crippen molar-refractivity contribution >= 4 is 23.6 Å². The van der Waals surface area contributed by atoms with Gasteiger partial charge in [0.25, 0.3) is 0 Å². The third kappa shape index (κ3) is 9.76. The molecular weight excluding hydrogens is 753 g/mol. The zero-order chi connectivity index (χ0) is 40.9. The Hall–Kier alpha value is -4.29. The summed E-state index contributed by atoms with van der Waals surface area (Å²) in [4.78, 5) is 23.2. The summed E-state index contributed by atoms with van der Waals surface area (Å²) in [7, 11) is 0.